The van der Waals surface area contributed by atoms with Gasteiger partial charge >= 0.3 is 0 Å². The molecule has 1 saturated heterocycles. The lowest BCUT2D eigenvalue weighted by molar-refractivity contribution is 0.458. The van der Waals surface area contributed by atoms with E-state index in [0.29, 0.717) is 0 Å². The molecule has 0 aliphatic carbocycles. The number of aryl methyl sites for hydroxylation is 1. The molecular formula is C13H17N3. The van der Waals surface area contributed by atoms with Gasteiger partial charge in [-0.2, -0.15) is 5.10 Å². The van der Waals surface area contributed by atoms with Crippen molar-refractivity contribution in [1.82, 2.24) is 15.1 Å². The van der Waals surface area contributed by atoms with Gasteiger partial charge in [0.25, 0.3) is 0 Å². The Morgan fingerprint density at radius 1 is 1.44 bits per heavy atom. The van der Waals surface area contributed by atoms with E-state index in [9.17, 15) is 0 Å². The molecule has 1 fully saturated rings. The zero-order valence-electron chi connectivity index (χ0n) is 9.61. The topological polar surface area (TPSA) is 29.9 Å². The Kier molecular flexibility index (Phi) is 2.40. The molecule has 0 saturated carbocycles. The SMILES string of the molecule is Cc1nn(CC2CCNC2)c2ccccc12. The van der Waals surface area contributed by atoms with E-state index in [0.717, 1.165) is 31.2 Å². The smallest absolute Gasteiger partial charge is 0.0685 e. The van der Waals surface area contributed by atoms with E-state index in [2.05, 4.69) is 46.3 Å². The van der Waals surface area contributed by atoms with E-state index in [1.165, 1.54) is 17.3 Å². The van der Waals surface area contributed by atoms with Crippen molar-refractivity contribution in [3.63, 3.8) is 0 Å². The number of hydrogen-bond donors (Lipinski definition) is 1. The predicted molar refractivity (Wildman–Crippen MR) is 65.4 cm³/mol. The highest BCUT2D eigenvalue weighted by Gasteiger charge is 2.16. The number of nitrogens with zero attached hydrogens (tertiary/aromatic N) is 2. The lowest BCUT2D eigenvalue weighted by atomic mass is 10.1. The molecule has 1 aromatic heterocycles. The lowest BCUT2D eigenvalue weighted by Gasteiger charge is -2.09. The maximum absolute atomic E-state index is 4.64. The maximum atomic E-state index is 4.64. The third kappa shape index (κ3) is 1.61. The first-order chi connectivity index (χ1) is 7.84. The van der Waals surface area contributed by atoms with Crippen molar-refractivity contribution in [1.29, 1.82) is 0 Å². The monoisotopic (exact) mass is 215 g/mol. The van der Waals surface area contributed by atoms with Gasteiger partial charge in [-0.05, 0) is 38.4 Å². The van der Waals surface area contributed by atoms with Crippen LogP contribution in [0.5, 0.6) is 0 Å². The molecule has 2 aromatic rings. The standard InChI is InChI=1S/C13H17N3/c1-10-12-4-2-3-5-13(12)16(15-10)9-11-6-7-14-8-11/h2-5,11,14H,6-9H2,1H3. The minimum atomic E-state index is 0.739. The molecule has 3 rings (SSSR count). The average Bonchev–Trinajstić information content (AvgIpc) is 2.90. The summed E-state index contributed by atoms with van der Waals surface area (Å²) >= 11 is 0. The number of rotatable bonds is 2. The van der Waals surface area contributed by atoms with Crippen LogP contribution in [0.4, 0.5) is 0 Å². The van der Waals surface area contributed by atoms with E-state index in [-0.39, 0.29) is 0 Å². The molecule has 1 atom stereocenters. The summed E-state index contributed by atoms with van der Waals surface area (Å²) in [4.78, 5) is 0. The second kappa shape index (κ2) is 3.91. The molecule has 84 valence electrons. The van der Waals surface area contributed by atoms with E-state index in [1.807, 2.05) is 0 Å². The molecule has 1 aliphatic rings. The third-order valence-corrected chi connectivity index (χ3v) is 3.44. The van der Waals surface area contributed by atoms with Gasteiger partial charge in [0, 0.05) is 11.9 Å². The van der Waals surface area contributed by atoms with Crippen molar-refractivity contribution in [3.05, 3.63) is 30.0 Å². The van der Waals surface area contributed by atoms with Gasteiger partial charge in [-0.25, -0.2) is 0 Å². The summed E-state index contributed by atoms with van der Waals surface area (Å²) in [5.74, 6) is 0.739. The molecule has 1 aliphatic heterocycles. The van der Waals surface area contributed by atoms with Gasteiger partial charge in [-0.1, -0.05) is 18.2 Å². The van der Waals surface area contributed by atoms with Crippen molar-refractivity contribution in [3.8, 4) is 0 Å². The Labute approximate surface area is 95.5 Å². The number of para-hydroxylation sites is 1. The molecule has 0 spiro atoms. The summed E-state index contributed by atoms with van der Waals surface area (Å²) in [6.07, 6.45) is 1.27. The lowest BCUT2D eigenvalue weighted by Crippen LogP contribution is -2.15. The summed E-state index contributed by atoms with van der Waals surface area (Å²) in [6, 6.07) is 8.49. The van der Waals surface area contributed by atoms with Crippen LogP contribution < -0.4 is 5.32 Å². The molecule has 16 heavy (non-hydrogen) atoms. The molecule has 3 heteroatoms. The number of nitrogens with one attached hydrogen (secondary N) is 1. The highest BCUT2D eigenvalue weighted by molar-refractivity contribution is 5.81. The molecule has 0 bridgehead atoms. The van der Waals surface area contributed by atoms with Crippen LogP contribution in [-0.2, 0) is 6.54 Å². The van der Waals surface area contributed by atoms with Crippen LogP contribution in [0.3, 0.4) is 0 Å². The van der Waals surface area contributed by atoms with Gasteiger partial charge in [0.1, 0.15) is 0 Å². The van der Waals surface area contributed by atoms with Crippen molar-refractivity contribution < 1.29 is 0 Å². The van der Waals surface area contributed by atoms with E-state index >= 15 is 0 Å². The summed E-state index contributed by atoms with van der Waals surface area (Å²) in [7, 11) is 0. The summed E-state index contributed by atoms with van der Waals surface area (Å²) < 4.78 is 2.17. The molecule has 1 aromatic carbocycles. The highest BCUT2D eigenvalue weighted by atomic mass is 15.3. The van der Waals surface area contributed by atoms with Crippen LogP contribution in [0.25, 0.3) is 10.9 Å². The summed E-state index contributed by atoms with van der Waals surface area (Å²) in [6.45, 7) is 5.42. The molecule has 0 amide bonds. The van der Waals surface area contributed by atoms with E-state index in [1.54, 1.807) is 0 Å². The highest BCUT2D eigenvalue weighted by Crippen LogP contribution is 2.20. The molecule has 2 heterocycles. The number of fused-ring (bicyclic) bond motifs is 1. The second-order valence-electron chi connectivity index (χ2n) is 4.64. The van der Waals surface area contributed by atoms with Crippen molar-refractivity contribution in [2.75, 3.05) is 13.1 Å². The fourth-order valence-corrected chi connectivity index (χ4v) is 2.55. The number of hydrogen-bond acceptors (Lipinski definition) is 2. The second-order valence-corrected chi connectivity index (χ2v) is 4.64. The van der Waals surface area contributed by atoms with Gasteiger partial charge < -0.3 is 5.32 Å². The van der Waals surface area contributed by atoms with E-state index < -0.39 is 0 Å². The van der Waals surface area contributed by atoms with Crippen LogP contribution in [-0.4, -0.2) is 22.9 Å². The third-order valence-electron chi connectivity index (χ3n) is 3.44. The van der Waals surface area contributed by atoms with Crippen molar-refractivity contribution in [2.24, 2.45) is 5.92 Å². The molecular weight excluding hydrogens is 198 g/mol. The quantitative estimate of drug-likeness (QED) is 0.830. The Balaban J connectivity index is 1.96. The Hall–Kier alpha value is -1.35. The zero-order valence-corrected chi connectivity index (χ0v) is 9.61. The van der Waals surface area contributed by atoms with Crippen LogP contribution in [0.2, 0.25) is 0 Å². The molecule has 1 N–H and O–H groups in total. The fraction of sp³-hybridized carbons (Fsp3) is 0.462. The summed E-state index contributed by atoms with van der Waals surface area (Å²) in [5.41, 5.74) is 2.41. The molecule has 3 nitrogen and oxygen atoms in total. The minimum absolute atomic E-state index is 0.739. The number of aromatic nitrogens is 2. The van der Waals surface area contributed by atoms with Gasteiger partial charge in [-0.3, -0.25) is 4.68 Å². The Bertz CT molecular complexity index is 495. The Morgan fingerprint density at radius 2 is 2.31 bits per heavy atom. The Morgan fingerprint density at radius 3 is 3.12 bits per heavy atom. The molecule has 1 unspecified atom stereocenters. The minimum Gasteiger partial charge on any atom is -0.316 e. The van der Waals surface area contributed by atoms with Gasteiger partial charge in [0.15, 0.2) is 0 Å². The average molecular weight is 215 g/mol. The van der Waals surface area contributed by atoms with Gasteiger partial charge in [-0.15, -0.1) is 0 Å². The first-order valence-electron chi connectivity index (χ1n) is 5.97. The maximum Gasteiger partial charge on any atom is 0.0685 e. The zero-order chi connectivity index (χ0) is 11.0. The van der Waals surface area contributed by atoms with Crippen LogP contribution in [0, 0.1) is 12.8 Å². The van der Waals surface area contributed by atoms with Crippen molar-refractivity contribution in [2.45, 2.75) is 19.9 Å². The van der Waals surface area contributed by atoms with Gasteiger partial charge in [0.2, 0.25) is 0 Å². The van der Waals surface area contributed by atoms with E-state index in [4.69, 9.17) is 0 Å². The van der Waals surface area contributed by atoms with Gasteiger partial charge in [0.05, 0.1) is 11.2 Å². The molecule has 0 radical (unpaired) electrons. The first kappa shape index (κ1) is 9.85. The summed E-state index contributed by atoms with van der Waals surface area (Å²) in [5, 5.41) is 9.33. The van der Waals surface area contributed by atoms with Crippen LogP contribution >= 0.6 is 0 Å². The van der Waals surface area contributed by atoms with Crippen LogP contribution in [0.1, 0.15) is 12.1 Å². The normalized spacial score (nSPS) is 20.7. The largest absolute Gasteiger partial charge is 0.316 e. The first-order valence-corrected chi connectivity index (χ1v) is 5.97. The fourth-order valence-electron chi connectivity index (χ4n) is 2.55. The predicted octanol–water partition coefficient (Wildman–Crippen LogP) is 1.95. The van der Waals surface area contributed by atoms with Crippen LogP contribution in [0.15, 0.2) is 24.3 Å². The number of benzene rings is 1. The van der Waals surface area contributed by atoms with Crippen molar-refractivity contribution >= 4 is 10.9 Å².